The average molecular weight is 307 g/mol. The number of nitrogens with zero attached hydrogens (tertiary/aromatic N) is 1. The summed E-state index contributed by atoms with van der Waals surface area (Å²) in [6, 6.07) is 8.22. The van der Waals surface area contributed by atoms with Gasteiger partial charge in [0.15, 0.2) is 0 Å². The zero-order chi connectivity index (χ0) is 14.8. The normalized spacial score (nSPS) is 28.9. The van der Waals surface area contributed by atoms with Crippen molar-refractivity contribution in [2.24, 2.45) is 5.73 Å². The molecule has 2 aliphatic rings. The molecule has 21 heavy (non-hydrogen) atoms. The van der Waals surface area contributed by atoms with Crippen molar-refractivity contribution in [3.8, 4) is 0 Å². The molecule has 1 fully saturated rings. The SMILES string of the molecule is CCCN(C1CCC(N)CC1)C1CCc2cc(Cl)ccc21. The van der Waals surface area contributed by atoms with Gasteiger partial charge >= 0.3 is 0 Å². The van der Waals surface area contributed by atoms with Gasteiger partial charge in [-0.05, 0) is 74.8 Å². The zero-order valence-corrected chi connectivity index (χ0v) is 13.8. The van der Waals surface area contributed by atoms with Crippen LogP contribution in [0, 0.1) is 0 Å². The summed E-state index contributed by atoms with van der Waals surface area (Å²) in [6.07, 6.45) is 8.55. The molecule has 0 saturated heterocycles. The maximum atomic E-state index is 6.15. The second-order valence-corrected chi connectivity index (χ2v) is 7.14. The van der Waals surface area contributed by atoms with E-state index in [1.165, 1.54) is 62.6 Å². The highest BCUT2D eigenvalue weighted by molar-refractivity contribution is 6.30. The minimum Gasteiger partial charge on any atom is -0.328 e. The fraction of sp³-hybridized carbons (Fsp3) is 0.667. The Morgan fingerprint density at radius 2 is 1.95 bits per heavy atom. The zero-order valence-electron chi connectivity index (χ0n) is 13.0. The maximum Gasteiger partial charge on any atom is 0.0408 e. The van der Waals surface area contributed by atoms with Crippen molar-refractivity contribution in [1.29, 1.82) is 0 Å². The molecule has 3 rings (SSSR count). The molecular weight excluding hydrogens is 280 g/mol. The van der Waals surface area contributed by atoms with Crippen LogP contribution in [0.25, 0.3) is 0 Å². The first kappa shape index (κ1) is 15.3. The highest BCUT2D eigenvalue weighted by Crippen LogP contribution is 2.40. The quantitative estimate of drug-likeness (QED) is 0.898. The predicted octanol–water partition coefficient (Wildman–Crippen LogP) is 4.31. The van der Waals surface area contributed by atoms with Gasteiger partial charge in [0.2, 0.25) is 0 Å². The molecular formula is C18H27ClN2. The Bertz CT molecular complexity index is 480. The second-order valence-electron chi connectivity index (χ2n) is 6.70. The lowest BCUT2D eigenvalue weighted by atomic mass is 9.89. The third-order valence-electron chi connectivity index (χ3n) is 5.24. The van der Waals surface area contributed by atoms with Crippen molar-refractivity contribution in [3.05, 3.63) is 34.3 Å². The van der Waals surface area contributed by atoms with E-state index in [2.05, 4.69) is 30.0 Å². The number of benzene rings is 1. The molecule has 116 valence electrons. The molecule has 0 radical (unpaired) electrons. The van der Waals surface area contributed by atoms with Crippen molar-refractivity contribution >= 4 is 11.6 Å². The van der Waals surface area contributed by atoms with Gasteiger partial charge in [0.05, 0.1) is 0 Å². The van der Waals surface area contributed by atoms with Crippen LogP contribution < -0.4 is 5.73 Å². The monoisotopic (exact) mass is 306 g/mol. The van der Waals surface area contributed by atoms with Gasteiger partial charge in [0.25, 0.3) is 0 Å². The topological polar surface area (TPSA) is 29.3 Å². The van der Waals surface area contributed by atoms with Crippen LogP contribution in [0.5, 0.6) is 0 Å². The van der Waals surface area contributed by atoms with Crippen LogP contribution in [0.3, 0.4) is 0 Å². The molecule has 0 amide bonds. The number of nitrogens with two attached hydrogens (primary N) is 1. The van der Waals surface area contributed by atoms with Crippen molar-refractivity contribution in [2.75, 3.05) is 6.54 Å². The van der Waals surface area contributed by atoms with Crippen LogP contribution in [0.15, 0.2) is 18.2 Å². The molecule has 0 aliphatic heterocycles. The largest absolute Gasteiger partial charge is 0.328 e. The third-order valence-corrected chi connectivity index (χ3v) is 5.48. The van der Waals surface area contributed by atoms with Crippen molar-refractivity contribution in [2.45, 2.75) is 70.0 Å². The molecule has 2 aliphatic carbocycles. The Hall–Kier alpha value is -0.570. The van der Waals surface area contributed by atoms with E-state index in [4.69, 9.17) is 17.3 Å². The fourth-order valence-corrected chi connectivity index (χ4v) is 4.39. The molecule has 1 aromatic carbocycles. The van der Waals surface area contributed by atoms with E-state index < -0.39 is 0 Å². The summed E-state index contributed by atoms with van der Waals surface area (Å²) >= 11 is 6.15. The van der Waals surface area contributed by atoms with Gasteiger partial charge < -0.3 is 5.73 Å². The lowest BCUT2D eigenvalue weighted by molar-refractivity contribution is 0.0991. The molecule has 2 nitrogen and oxygen atoms in total. The average Bonchev–Trinajstić information content (AvgIpc) is 2.88. The molecule has 1 atom stereocenters. The van der Waals surface area contributed by atoms with Crippen LogP contribution in [-0.2, 0) is 6.42 Å². The summed E-state index contributed by atoms with van der Waals surface area (Å²) in [7, 11) is 0. The lowest BCUT2D eigenvalue weighted by Crippen LogP contribution is -2.42. The molecule has 0 bridgehead atoms. The molecule has 2 N–H and O–H groups in total. The molecule has 0 aromatic heterocycles. The summed E-state index contributed by atoms with van der Waals surface area (Å²) in [5.74, 6) is 0. The first-order valence-corrected chi connectivity index (χ1v) is 8.86. The van der Waals surface area contributed by atoms with Gasteiger partial charge in [0.1, 0.15) is 0 Å². The highest BCUT2D eigenvalue weighted by atomic mass is 35.5. The lowest BCUT2D eigenvalue weighted by Gasteiger charge is -2.40. The Morgan fingerprint density at radius 1 is 1.19 bits per heavy atom. The van der Waals surface area contributed by atoms with E-state index in [0.717, 1.165) is 11.1 Å². The van der Waals surface area contributed by atoms with E-state index in [1.54, 1.807) is 0 Å². The van der Waals surface area contributed by atoms with Gasteiger partial charge in [-0.3, -0.25) is 4.90 Å². The van der Waals surface area contributed by atoms with Crippen molar-refractivity contribution in [3.63, 3.8) is 0 Å². The van der Waals surface area contributed by atoms with E-state index in [0.29, 0.717) is 12.1 Å². The Kier molecular flexibility index (Phi) is 4.88. The number of rotatable bonds is 4. The summed E-state index contributed by atoms with van der Waals surface area (Å²) in [4.78, 5) is 2.77. The van der Waals surface area contributed by atoms with Crippen LogP contribution in [0.1, 0.15) is 62.6 Å². The Morgan fingerprint density at radius 3 is 2.67 bits per heavy atom. The fourth-order valence-electron chi connectivity index (χ4n) is 4.19. The first-order chi connectivity index (χ1) is 10.2. The molecule has 3 heteroatoms. The summed E-state index contributed by atoms with van der Waals surface area (Å²) in [6.45, 7) is 3.49. The Balaban J connectivity index is 1.79. The van der Waals surface area contributed by atoms with Crippen LogP contribution in [-0.4, -0.2) is 23.5 Å². The number of hydrogen-bond donors (Lipinski definition) is 1. The van der Waals surface area contributed by atoms with Crippen LogP contribution in [0.2, 0.25) is 5.02 Å². The minimum atomic E-state index is 0.430. The smallest absolute Gasteiger partial charge is 0.0408 e. The molecule has 0 spiro atoms. The van der Waals surface area contributed by atoms with Gasteiger partial charge in [-0.25, -0.2) is 0 Å². The standard InChI is InChI=1S/C18H27ClN2/c1-2-11-21(16-7-5-15(20)6-8-16)18-10-3-13-12-14(19)4-9-17(13)18/h4,9,12,15-16,18H,2-3,5-8,10-11,20H2,1H3. The summed E-state index contributed by atoms with van der Waals surface area (Å²) in [5, 5.41) is 0.875. The number of hydrogen-bond acceptors (Lipinski definition) is 2. The maximum absolute atomic E-state index is 6.15. The Labute approximate surface area is 133 Å². The third kappa shape index (κ3) is 3.28. The van der Waals surface area contributed by atoms with Gasteiger partial charge in [-0.2, -0.15) is 0 Å². The molecule has 1 unspecified atom stereocenters. The van der Waals surface area contributed by atoms with Gasteiger partial charge in [0, 0.05) is 23.1 Å². The minimum absolute atomic E-state index is 0.430. The van der Waals surface area contributed by atoms with Gasteiger partial charge in [-0.1, -0.05) is 24.6 Å². The summed E-state index contributed by atoms with van der Waals surface area (Å²) < 4.78 is 0. The molecule has 1 saturated carbocycles. The first-order valence-electron chi connectivity index (χ1n) is 8.48. The second kappa shape index (κ2) is 6.68. The summed E-state index contributed by atoms with van der Waals surface area (Å²) in [5.41, 5.74) is 9.06. The van der Waals surface area contributed by atoms with E-state index in [1.807, 2.05) is 0 Å². The van der Waals surface area contributed by atoms with Crippen molar-refractivity contribution < 1.29 is 0 Å². The number of halogens is 1. The molecule has 0 heterocycles. The molecule has 1 aromatic rings. The van der Waals surface area contributed by atoms with E-state index in [9.17, 15) is 0 Å². The predicted molar refractivity (Wildman–Crippen MR) is 89.7 cm³/mol. The van der Waals surface area contributed by atoms with E-state index >= 15 is 0 Å². The highest BCUT2D eigenvalue weighted by Gasteiger charge is 2.33. The number of aryl methyl sites for hydroxylation is 1. The van der Waals surface area contributed by atoms with Crippen molar-refractivity contribution in [1.82, 2.24) is 4.90 Å². The van der Waals surface area contributed by atoms with Crippen LogP contribution >= 0.6 is 11.6 Å². The van der Waals surface area contributed by atoms with Gasteiger partial charge in [-0.15, -0.1) is 0 Å². The number of fused-ring (bicyclic) bond motifs is 1. The van der Waals surface area contributed by atoms with Crippen LogP contribution in [0.4, 0.5) is 0 Å². The van der Waals surface area contributed by atoms with E-state index in [-0.39, 0.29) is 0 Å².